The fraction of sp³-hybridized carbons (Fsp3) is 0.211. The maximum atomic E-state index is 13.9. The summed E-state index contributed by atoms with van der Waals surface area (Å²) in [6.07, 6.45) is 0. The van der Waals surface area contributed by atoms with Gasteiger partial charge in [-0.25, -0.2) is 0 Å². The van der Waals surface area contributed by atoms with E-state index in [9.17, 15) is 14.7 Å². The largest absolute Gasteiger partial charge is 0.507 e. The van der Waals surface area contributed by atoms with E-state index in [1.165, 1.54) is 33.6 Å². The minimum Gasteiger partial charge on any atom is -0.507 e. The molecule has 0 radical (unpaired) electrons. The van der Waals surface area contributed by atoms with E-state index in [1.807, 2.05) is 44.2 Å². The minimum atomic E-state index is -1.05. The summed E-state index contributed by atoms with van der Waals surface area (Å²) in [5, 5.41) is 20.7. The van der Waals surface area contributed by atoms with Gasteiger partial charge in [-0.05, 0) is 60.9 Å². The van der Waals surface area contributed by atoms with E-state index in [-0.39, 0.29) is 16.5 Å². The lowest BCUT2D eigenvalue weighted by molar-refractivity contribution is -0.132. The number of ketones is 1. The second kappa shape index (κ2) is 14.7. The van der Waals surface area contributed by atoms with Crippen LogP contribution in [0, 0.1) is 6.92 Å². The molecule has 4 aromatic carbocycles. The van der Waals surface area contributed by atoms with E-state index in [0.29, 0.717) is 70.6 Å². The molecule has 1 atom stereocenters. The summed E-state index contributed by atoms with van der Waals surface area (Å²) >= 11 is 2.69. The molecule has 254 valence electrons. The van der Waals surface area contributed by atoms with Crippen LogP contribution >= 0.6 is 23.1 Å². The summed E-state index contributed by atoms with van der Waals surface area (Å²) in [5.41, 5.74) is 4.00. The molecular weight excluding hydrogens is 675 g/mol. The van der Waals surface area contributed by atoms with Crippen molar-refractivity contribution < 1.29 is 33.6 Å². The number of ether oxygens (including phenoxy) is 4. The third-order valence-corrected chi connectivity index (χ3v) is 10.3. The number of Topliss-reactive ketones (excluding diaryl/α,β-unsaturated/α-hetero) is 1. The van der Waals surface area contributed by atoms with E-state index in [1.54, 1.807) is 36.4 Å². The highest BCUT2D eigenvalue weighted by atomic mass is 32.2. The fourth-order valence-corrected chi connectivity index (χ4v) is 7.52. The number of thioether (sulfide) groups is 1. The zero-order valence-corrected chi connectivity index (χ0v) is 29.0. The Bertz CT molecular complexity index is 2060. The van der Waals surface area contributed by atoms with Gasteiger partial charge >= 0.3 is 5.91 Å². The molecule has 1 fully saturated rings. The van der Waals surface area contributed by atoms with Crippen LogP contribution in [-0.2, 0) is 21.9 Å². The Morgan fingerprint density at radius 1 is 0.900 bits per heavy atom. The van der Waals surface area contributed by atoms with Crippen molar-refractivity contribution >= 4 is 45.7 Å². The maximum absolute atomic E-state index is 13.9. The van der Waals surface area contributed by atoms with Gasteiger partial charge < -0.3 is 24.1 Å². The van der Waals surface area contributed by atoms with E-state index >= 15 is 0 Å². The van der Waals surface area contributed by atoms with Crippen LogP contribution in [0.3, 0.4) is 0 Å². The van der Waals surface area contributed by atoms with Gasteiger partial charge in [-0.1, -0.05) is 89.3 Å². The van der Waals surface area contributed by atoms with Crippen molar-refractivity contribution in [3.8, 4) is 23.0 Å². The van der Waals surface area contributed by atoms with Crippen molar-refractivity contribution in [2.24, 2.45) is 0 Å². The van der Waals surface area contributed by atoms with Gasteiger partial charge in [0.05, 0.1) is 18.2 Å². The van der Waals surface area contributed by atoms with Crippen LogP contribution < -0.4 is 23.8 Å². The van der Waals surface area contributed by atoms with Crippen LogP contribution in [0.5, 0.6) is 23.0 Å². The molecule has 5 aromatic rings. The number of aliphatic hydroxyl groups is 1. The van der Waals surface area contributed by atoms with Gasteiger partial charge in [0.15, 0.2) is 27.3 Å². The molecule has 1 amide bonds. The van der Waals surface area contributed by atoms with E-state index < -0.39 is 17.7 Å². The number of hydrogen-bond donors (Lipinski definition) is 1. The summed E-state index contributed by atoms with van der Waals surface area (Å²) in [6.45, 7) is 5.32. The number of aryl methyl sites for hydroxylation is 1. The number of carbonyl (C=O) groups is 2. The van der Waals surface area contributed by atoms with Gasteiger partial charge in [0, 0.05) is 11.3 Å². The molecule has 7 rings (SSSR count). The lowest BCUT2D eigenvalue weighted by Crippen LogP contribution is -2.29. The monoisotopic (exact) mass is 707 g/mol. The van der Waals surface area contributed by atoms with Gasteiger partial charge in [0.2, 0.25) is 5.13 Å². The van der Waals surface area contributed by atoms with Gasteiger partial charge in [0.25, 0.3) is 5.78 Å². The first kappa shape index (κ1) is 33.2. The first-order chi connectivity index (χ1) is 24.4. The molecule has 2 aliphatic heterocycles. The second-order valence-corrected chi connectivity index (χ2v) is 13.7. The lowest BCUT2D eigenvalue weighted by Gasteiger charge is -2.24. The number of fused-ring (bicyclic) bond motifs is 1. The summed E-state index contributed by atoms with van der Waals surface area (Å²) in [6, 6.07) is 27.1. The highest BCUT2D eigenvalue weighted by molar-refractivity contribution is 8.00. The average Bonchev–Trinajstić information content (AvgIpc) is 3.72. The molecule has 0 bridgehead atoms. The molecule has 10 nitrogen and oxygen atoms in total. The predicted molar refractivity (Wildman–Crippen MR) is 191 cm³/mol. The van der Waals surface area contributed by atoms with E-state index in [2.05, 4.69) is 34.5 Å². The van der Waals surface area contributed by atoms with Gasteiger partial charge in [0.1, 0.15) is 25.6 Å². The quantitative estimate of drug-likeness (QED) is 0.0486. The molecule has 0 saturated carbocycles. The number of carbonyl (C=O) groups excluding carboxylic acids is 2. The fourth-order valence-electron chi connectivity index (χ4n) is 5.70. The van der Waals surface area contributed by atoms with Crippen molar-refractivity contribution in [3.05, 3.63) is 124 Å². The number of nitrogens with zero attached hydrogens (tertiary/aromatic N) is 3. The average molecular weight is 708 g/mol. The van der Waals surface area contributed by atoms with Crippen LogP contribution in [0.25, 0.3) is 5.76 Å². The topological polar surface area (TPSA) is 120 Å². The van der Waals surface area contributed by atoms with Crippen molar-refractivity contribution in [1.29, 1.82) is 0 Å². The van der Waals surface area contributed by atoms with Gasteiger partial charge in [-0.3, -0.25) is 14.5 Å². The molecule has 50 heavy (non-hydrogen) atoms. The highest BCUT2D eigenvalue weighted by Gasteiger charge is 2.48. The second-order valence-electron chi connectivity index (χ2n) is 11.6. The third kappa shape index (κ3) is 6.89. The van der Waals surface area contributed by atoms with Crippen molar-refractivity contribution in [1.82, 2.24) is 10.2 Å². The Hall–Kier alpha value is -5.33. The number of aliphatic hydroxyl groups excluding tert-OH is 1. The normalized spacial score (nSPS) is 16.4. The zero-order valence-electron chi connectivity index (χ0n) is 27.3. The number of amides is 1. The molecule has 3 heterocycles. The van der Waals surface area contributed by atoms with Crippen LogP contribution in [0.2, 0.25) is 0 Å². The summed E-state index contributed by atoms with van der Waals surface area (Å²) < 4.78 is 24.1. The van der Waals surface area contributed by atoms with Crippen LogP contribution in [0.15, 0.2) is 101 Å². The number of aromatic nitrogens is 2. The summed E-state index contributed by atoms with van der Waals surface area (Å²) in [5.74, 6) is 0.506. The van der Waals surface area contributed by atoms with Gasteiger partial charge in [-0.2, -0.15) is 0 Å². The van der Waals surface area contributed by atoms with Crippen molar-refractivity contribution in [2.45, 2.75) is 36.6 Å². The Morgan fingerprint density at radius 3 is 2.46 bits per heavy atom. The highest BCUT2D eigenvalue weighted by Crippen LogP contribution is 2.46. The van der Waals surface area contributed by atoms with Crippen molar-refractivity contribution in [2.75, 3.05) is 24.7 Å². The molecule has 1 saturated heterocycles. The van der Waals surface area contributed by atoms with Crippen molar-refractivity contribution in [3.63, 3.8) is 0 Å². The SMILES string of the molecule is CCOc1cc([C@H]2/C(=C(\O)c3ccc4c(c3)OCCO4)C(=O)C(=O)N2c2nnc(SCc3ccc(C)cc3)s2)ccc1OCc1ccccc1. The van der Waals surface area contributed by atoms with E-state index in [4.69, 9.17) is 18.9 Å². The smallest absolute Gasteiger partial charge is 0.301 e. The first-order valence-electron chi connectivity index (χ1n) is 16.1. The Kier molecular flexibility index (Phi) is 9.72. The number of hydrogen-bond acceptors (Lipinski definition) is 11. The molecule has 12 heteroatoms. The molecule has 1 aromatic heterocycles. The predicted octanol–water partition coefficient (Wildman–Crippen LogP) is 7.51. The molecule has 1 N–H and O–H groups in total. The molecule has 0 aliphatic carbocycles. The Labute approximate surface area is 297 Å². The minimum absolute atomic E-state index is 0.101. The maximum Gasteiger partial charge on any atom is 0.301 e. The molecule has 0 unspecified atom stereocenters. The Morgan fingerprint density at radius 2 is 1.68 bits per heavy atom. The van der Waals surface area contributed by atoms with Crippen LogP contribution in [0.1, 0.15) is 40.8 Å². The summed E-state index contributed by atoms with van der Waals surface area (Å²) in [4.78, 5) is 29.1. The van der Waals surface area contributed by atoms with E-state index in [0.717, 1.165) is 11.1 Å². The zero-order chi connectivity index (χ0) is 34.6. The molecular formula is C38H33N3O7S2. The first-order valence-corrected chi connectivity index (χ1v) is 17.9. The van der Waals surface area contributed by atoms with Crippen LogP contribution in [-0.4, -0.2) is 46.8 Å². The number of anilines is 1. The number of rotatable bonds is 11. The lowest BCUT2D eigenvalue weighted by atomic mass is 9.95. The molecule has 2 aliphatic rings. The summed E-state index contributed by atoms with van der Waals surface area (Å²) in [7, 11) is 0. The number of benzene rings is 4. The molecule has 0 spiro atoms. The van der Waals surface area contributed by atoms with Gasteiger partial charge in [-0.15, -0.1) is 10.2 Å². The van der Waals surface area contributed by atoms with Crippen LogP contribution in [0.4, 0.5) is 5.13 Å². The standard InChI is InChI=1S/C38H33N3O7S2/c1-3-45-30-19-26(13-15-29(30)48-21-24-7-5-4-6-8-24)33-32(34(42)27-14-16-28-31(20-27)47-18-17-46-28)35(43)36(44)41(33)37-39-40-38(50-37)49-22-25-11-9-23(2)10-12-25/h4-16,19-20,33,42H,3,17-18,21-22H2,1-2H3/b34-32+/t33-/m0/s1. The Balaban J connectivity index is 1.28. The third-order valence-electron chi connectivity index (χ3n) is 8.17.